The van der Waals surface area contributed by atoms with Crippen LogP contribution in [0.2, 0.25) is 5.02 Å². The molecule has 0 aromatic heterocycles. The van der Waals surface area contributed by atoms with Crippen molar-refractivity contribution in [3.05, 3.63) is 47.5 Å². The van der Waals surface area contributed by atoms with Crippen molar-refractivity contribution in [2.24, 2.45) is 0 Å². The van der Waals surface area contributed by atoms with E-state index in [1.807, 2.05) is 4.90 Å². The average Bonchev–Trinajstić information content (AvgIpc) is 2.59. The highest BCUT2D eigenvalue weighted by atomic mass is 35.5. The van der Waals surface area contributed by atoms with E-state index in [0.29, 0.717) is 28.0 Å². The lowest BCUT2D eigenvalue weighted by Gasteiger charge is -2.25. The third kappa shape index (κ3) is 2.53. The molecule has 1 heterocycles. The van der Waals surface area contributed by atoms with Crippen molar-refractivity contribution in [3.8, 4) is 5.75 Å². The SMILES string of the molecule is O=C1CCN(c2ccc(O)cc2)c2cc(Cl)ccc2N1O. The number of nitrogens with zero attached hydrogens (tertiary/aromatic N) is 2. The van der Waals surface area contributed by atoms with Crippen LogP contribution in [0.15, 0.2) is 42.5 Å². The zero-order chi connectivity index (χ0) is 15.0. The van der Waals surface area contributed by atoms with Crippen molar-refractivity contribution in [2.75, 3.05) is 16.5 Å². The number of fused-ring (bicyclic) bond motifs is 1. The molecule has 0 aliphatic carbocycles. The first-order valence-electron chi connectivity index (χ1n) is 6.44. The van der Waals surface area contributed by atoms with Gasteiger partial charge in [0.2, 0.25) is 0 Å². The first-order chi connectivity index (χ1) is 10.1. The second kappa shape index (κ2) is 5.27. The maximum Gasteiger partial charge on any atom is 0.252 e. The maximum atomic E-state index is 11.9. The number of aromatic hydroxyl groups is 1. The molecule has 2 aromatic rings. The Balaban J connectivity index is 2.13. The molecule has 1 aliphatic heterocycles. The number of hydrogen-bond acceptors (Lipinski definition) is 4. The molecular weight excluding hydrogens is 292 g/mol. The molecule has 0 spiro atoms. The lowest BCUT2D eigenvalue weighted by Crippen LogP contribution is -2.26. The van der Waals surface area contributed by atoms with Gasteiger partial charge in [0.15, 0.2) is 0 Å². The molecule has 1 aliphatic rings. The van der Waals surface area contributed by atoms with Crippen LogP contribution in [0.3, 0.4) is 0 Å². The number of rotatable bonds is 1. The van der Waals surface area contributed by atoms with Crippen LogP contribution in [-0.4, -0.2) is 22.8 Å². The summed E-state index contributed by atoms with van der Waals surface area (Å²) in [6, 6.07) is 11.6. The second-order valence-corrected chi connectivity index (χ2v) is 5.19. The molecule has 0 saturated carbocycles. The minimum absolute atomic E-state index is 0.166. The van der Waals surface area contributed by atoms with Crippen LogP contribution in [0.5, 0.6) is 5.75 Å². The van der Waals surface area contributed by atoms with Crippen LogP contribution in [0.4, 0.5) is 17.1 Å². The highest BCUT2D eigenvalue weighted by Gasteiger charge is 2.26. The highest BCUT2D eigenvalue weighted by Crippen LogP contribution is 2.38. The van der Waals surface area contributed by atoms with Gasteiger partial charge in [-0.05, 0) is 42.5 Å². The van der Waals surface area contributed by atoms with Gasteiger partial charge >= 0.3 is 0 Å². The van der Waals surface area contributed by atoms with E-state index in [1.54, 1.807) is 42.5 Å². The Morgan fingerprint density at radius 1 is 1.05 bits per heavy atom. The fourth-order valence-corrected chi connectivity index (χ4v) is 2.53. The lowest BCUT2D eigenvalue weighted by molar-refractivity contribution is -0.123. The smallest absolute Gasteiger partial charge is 0.252 e. The highest BCUT2D eigenvalue weighted by molar-refractivity contribution is 6.31. The van der Waals surface area contributed by atoms with Crippen LogP contribution >= 0.6 is 11.6 Å². The van der Waals surface area contributed by atoms with Crippen molar-refractivity contribution >= 4 is 34.6 Å². The van der Waals surface area contributed by atoms with Gasteiger partial charge in [0, 0.05) is 23.7 Å². The fraction of sp³-hybridized carbons (Fsp3) is 0.133. The van der Waals surface area contributed by atoms with E-state index in [4.69, 9.17) is 11.6 Å². The standard InChI is InChI=1S/C15H13ClN2O3/c16-10-1-6-13-14(9-10)17(8-7-15(20)18(13)21)11-2-4-12(19)5-3-11/h1-6,9,19,21H,7-8H2. The van der Waals surface area contributed by atoms with E-state index in [-0.39, 0.29) is 18.1 Å². The average molecular weight is 305 g/mol. The summed E-state index contributed by atoms with van der Waals surface area (Å²) in [4.78, 5) is 13.8. The molecule has 2 N–H and O–H groups in total. The molecule has 5 nitrogen and oxygen atoms in total. The Morgan fingerprint density at radius 2 is 1.76 bits per heavy atom. The van der Waals surface area contributed by atoms with Gasteiger partial charge in [-0.15, -0.1) is 0 Å². The number of amides is 1. The summed E-state index contributed by atoms with van der Waals surface area (Å²) >= 11 is 6.04. The number of halogens is 1. The van der Waals surface area contributed by atoms with Gasteiger partial charge in [-0.25, -0.2) is 0 Å². The third-order valence-electron chi connectivity index (χ3n) is 3.40. The quantitative estimate of drug-likeness (QED) is 0.793. The van der Waals surface area contributed by atoms with Crippen LogP contribution in [0.25, 0.3) is 0 Å². The zero-order valence-electron chi connectivity index (χ0n) is 11.0. The molecule has 0 bridgehead atoms. The molecule has 2 aromatic carbocycles. The van der Waals surface area contributed by atoms with Gasteiger partial charge in [-0.3, -0.25) is 10.0 Å². The number of hydrogen-bond donors (Lipinski definition) is 2. The first kappa shape index (κ1) is 13.7. The van der Waals surface area contributed by atoms with Gasteiger partial charge in [-0.1, -0.05) is 11.6 Å². The Hall–Kier alpha value is -2.24. The Labute approximate surface area is 126 Å². The molecule has 6 heteroatoms. The van der Waals surface area contributed by atoms with Crippen molar-refractivity contribution in [1.29, 1.82) is 0 Å². The van der Waals surface area contributed by atoms with E-state index >= 15 is 0 Å². The van der Waals surface area contributed by atoms with Gasteiger partial charge < -0.3 is 10.0 Å². The summed E-state index contributed by atoms with van der Waals surface area (Å²) in [5.41, 5.74) is 1.83. The summed E-state index contributed by atoms with van der Waals surface area (Å²) in [6.07, 6.45) is 0.170. The minimum Gasteiger partial charge on any atom is -0.508 e. The molecule has 108 valence electrons. The molecule has 0 saturated heterocycles. The molecule has 0 fully saturated rings. The fourth-order valence-electron chi connectivity index (χ4n) is 2.36. The number of benzene rings is 2. The number of hydroxylamine groups is 1. The van der Waals surface area contributed by atoms with E-state index in [0.717, 1.165) is 5.69 Å². The summed E-state index contributed by atoms with van der Waals surface area (Å²) in [5.74, 6) is -0.209. The number of carbonyl (C=O) groups is 1. The second-order valence-electron chi connectivity index (χ2n) is 4.76. The molecule has 1 amide bonds. The number of phenols is 1. The zero-order valence-corrected chi connectivity index (χ0v) is 11.8. The largest absolute Gasteiger partial charge is 0.508 e. The van der Waals surface area contributed by atoms with Crippen molar-refractivity contribution in [2.45, 2.75) is 6.42 Å². The van der Waals surface area contributed by atoms with Gasteiger partial charge in [0.05, 0.1) is 11.4 Å². The molecule has 0 radical (unpaired) electrons. The van der Waals surface area contributed by atoms with Crippen molar-refractivity contribution in [3.63, 3.8) is 0 Å². The molecule has 0 atom stereocenters. The normalized spacial score (nSPS) is 14.9. The maximum absolute atomic E-state index is 11.9. The van der Waals surface area contributed by atoms with Gasteiger partial charge in [0.1, 0.15) is 5.75 Å². The lowest BCUT2D eigenvalue weighted by atomic mass is 10.2. The summed E-state index contributed by atoms with van der Waals surface area (Å²) in [5, 5.41) is 20.5. The monoisotopic (exact) mass is 304 g/mol. The molecule has 0 unspecified atom stereocenters. The Bertz CT molecular complexity index is 688. The Morgan fingerprint density at radius 3 is 2.48 bits per heavy atom. The van der Waals surface area contributed by atoms with Gasteiger partial charge in [0.25, 0.3) is 5.91 Å². The van der Waals surface area contributed by atoms with E-state index in [9.17, 15) is 15.1 Å². The van der Waals surface area contributed by atoms with E-state index < -0.39 is 0 Å². The van der Waals surface area contributed by atoms with Crippen LogP contribution in [0.1, 0.15) is 6.42 Å². The van der Waals surface area contributed by atoms with Crippen LogP contribution in [0, 0.1) is 0 Å². The summed E-state index contributed by atoms with van der Waals surface area (Å²) in [6.45, 7) is 0.411. The summed E-state index contributed by atoms with van der Waals surface area (Å²) < 4.78 is 0. The molecule has 21 heavy (non-hydrogen) atoms. The molecular formula is C15H13ClN2O3. The van der Waals surface area contributed by atoms with Crippen molar-refractivity contribution in [1.82, 2.24) is 0 Å². The van der Waals surface area contributed by atoms with Gasteiger partial charge in [-0.2, -0.15) is 5.06 Å². The predicted molar refractivity (Wildman–Crippen MR) is 80.5 cm³/mol. The first-order valence-corrected chi connectivity index (χ1v) is 6.82. The summed E-state index contributed by atoms with van der Waals surface area (Å²) in [7, 11) is 0. The van der Waals surface area contributed by atoms with E-state index in [1.165, 1.54) is 0 Å². The van der Waals surface area contributed by atoms with Crippen molar-refractivity contribution < 1.29 is 15.1 Å². The number of anilines is 3. The number of phenolic OH excluding ortho intramolecular Hbond substituents is 1. The molecule has 3 rings (SSSR count). The third-order valence-corrected chi connectivity index (χ3v) is 3.64. The predicted octanol–water partition coefficient (Wildman–Crippen LogP) is 3.31. The minimum atomic E-state index is -0.375. The van der Waals surface area contributed by atoms with Crippen LogP contribution in [-0.2, 0) is 4.79 Å². The number of carbonyl (C=O) groups excluding carboxylic acids is 1. The Kier molecular flexibility index (Phi) is 3.45. The topological polar surface area (TPSA) is 64.0 Å². The van der Waals surface area contributed by atoms with E-state index in [2.05, 4.69) is 0 Å². The van der Waals surface area contributed by atoms with Crippen LogP contribution < -0.4 is 9.96 Å².